The van der Waals surface area contributed by atoms with E-state index >= 15 is 0 Å². The molecule has 0 saturated carbocycles. The Balaban J connectivity index is 0.00000341. The molecular weight excluding hydrogens is 515 g/mol. The standard InChI is InChI=1S/C21H28N4O5.HI/c1-22-21(23-14-15-12-18(28-3)19(29-4)13-17(15)27-2)25-9-7-24(8-10-25)20(26)16-6-5-11-30-16;/h5-6,11-13H,7-10,14H2,1-4H3,(H,22,23);1H. The minimum atomic E-state index is -0.0855. The molecule has 1 amide bonds. The number of ether oxygens (including phenoxy) is 3. The third-order valence-corrected chi connectivity index (χ3v) is 5.03. The number of furan rings is 1. The van der Waals surface area contributed by atoms with Gasteiger partial charge in [-0.2, -0.15) is 0 Å². The van der Waals surface area contributed by atoms with Gasteiger partial charge in [-0.25, -0.2) is 0 Å². The highest BCUT2D eigenvalue weighted by Gasteiger charge is 2.25. The Labute approximate surface area is 199 Å². The van der Waals surface area contributed by atoms with E-state index in [0.717, 1.165) is 11.5 Å². The van der Waals surface area contributed by atoms with Crippen molar-refractivity contribution in [3.63, 3.8) is 0 Å². The molecule has 3 rings (SSSR count). The summed E-state index contributed by atoms with van der Waals surface area (Å²) in [7, 11) is 6.56. The molecule has 1 saturated heterocycles. The number of aliphatic imine (C=N–C) groups is 1. The molecule has 9 nitrogen and oxygen atoms in total. The van der Waals surface area contributed by atoms with Crippen LogP contribution < -0.4 is 19.5 Å². The first-order valence-electron chi connectivity index (χ1n) is 9.68. The first-order valence-corrected chi connectivity index (χ1v) is 9.68. The zero-order valence-corrected chi connectivity index (χ0v) is 20.5. The highest BCUT2D eigenvalue weighted by atomic mass is 127. The maximum Gasteiger partial charge on any atom is 0.289 e. The summed E-state index contributed by atoms with van der Waals surface area (Å²) in [4.78, 5) is 20.7. The van der Waals surface area contributed by atoms with Gasteiger partial charge in [0.2, 0.25) is 0 Å². The smallest absolute Gasteiger partial charge is 0.289 e. The molecule has 0 spiro atoms. The Morgan fingerprint density at radius 2 is 1.65 bits per heavy atom. The molecule has 0 bridgehead atoms. The van der Waals surface area contributed by atoms with Gasteiger partial charge in [-0.15, -0.1) is 24.0 Å². The molecule has 31 heavy (non-hydrogen) atoms. The number of benzene rings is 1. The summed E-state index contributed by atoms with van der Waals surface area (Å²) in [5, 5.41) is 3.37. The van der Waals surface area contributed by atoms with Crippen LogP contribution in [-0.2, 0) is 6.54 Å². The zero-order chi connectivity index (χ0) is 21.5. The second-order valence-corrected chi connectivity index (χ2v) is 6.68. The molecule has 1 fully saturated rings. The number of piperazine rings is 1. The maximum atomic E-state index is 12.4. The van der Waals surface area contributed by atoms with Gasteiger partial charge in [0.15, 0.2) is 23.2 Å². The lowest BCUT2D eigenvalue weighted by atomic mass is 10.1. The van der Waals surface area contributed by atoms with E-state index in [9.17, 15) is 4.79 Å². The molecule has 0 atom stereocenters. The van der Waals surface area contributed by atoms with Crippen LogP contribution in [0.3, 0.4) is 0 Å². The van der Waals surface area contributed by atoms with Crippen molar-refractivity contribution in [2.24, 2.45) is 4.99 Å². The molecule has 1 aliphatic heterocycles. The zero-order valence-electron chi connectivity index (χ0n) is 18.2. The minimum Gasteiger partial charge on any atom is -0.496 e. The number of amides is 1. The second-order valence-electron chi connectivity index (χ2n) is 6.68. The lowest BCUT2D eigenvalue weighted by Gasteiger charge is -2.36. The van der Waals surface area contributed by atoms with Crippen molar-refractivity contribution in [3.05, 3.63) is 41.9 Å². The monoisotopic (exact) mass is 544 g/mol. The third-order valence-electron chi connectivity index (χ3n) is 5.03. The van der Waals surface area contributed by atoms with E-state index in [2.05, 4.69) is 15.2 Å². The lowest BCUT2D eigenvalue weighted by molar-refractivity contribution is 0.0657. The van der Waals surface area contributed by atoms with E-state index in [-0.39, 0.29) is 29.9 Å². The van der Waals surface area contributed by atoms with Crippen molar-refractivity contribution in [2.45, 2.75) is 6.54 Å². The fourth-order valence-electron chi connectivity index (χ4n) is 3.41. The predicted octanol–water partition coefficient (Wildman–Crippen LogP) is 2.46. The molecular formula is C21H29IN4O5. The summed E-state index contributed by atoms with van der Waals surface area (Å²) >= 11 is 0. The number of rotatable bonds is 6. The summed E-state index contributed by atoms with van der Waals surface area (Å²) in [6, 6.07) is 7.10. The van der Waals surface area contributed by atoms with Crippen LogP contribution in [0.25, 0.3) is 0 Å². The lowest BCUT2D eigenvalue weighted by Crippen LogP contribution is -2.53. The highest BCUT2D eigenvalue weighted by Crippen LogP contribution is 2.34. The Hall–Kier alpha value is -2.63. The number of hydrogen-bond donors (Lipinski definition) is 1. The molecule has 0 radical (unpaired) electrons. The summed E-state index contributed by atoms with van der Waals surface area (Å²) in [5.74, 6) is 2.99. The fourth-order valence-corrected chi connectivity index (χ4v) is 3.41. The first kappa shape index (κ1) is 24.6. The van der Waals surface area contributed by atoms with E-state index in [4.69, 9.17) is 18.6 Å². The molecule has 1 aromatic heterocycles. The summed E-state index contributed by atoms with van der Waals surface area (Å²) in [5.41, 5.74) is 0.919. The van der Waals surface area contributed by atoms with E-state index in [0.29, 0.717) is 55.7 Å². The molecule has 170 valence electrons. The molecule has 2 heterocycles. The topological polar surface area (TPSA) is 88.8 Å². The van der Waals surface area contributed by atoms with Gasteiger partial charge < -0.3 is 33.7 Å². The van der Waals surface area contributed by atoms with Crippen LogP contribution in [0.5, 0.6) is 17.2 Å². The number of halogens is 1. The average molecular weight is 544 g/mol. The van der Waals surface area contributed by atoms with E-state index in [1.807, 2.05) is 6.07 Å². The Morgan fingerprint density at radius 3 is 2.19 bits per heavy atom. The van der Waals surface area contributed by atoms with Crippen molar-refractivity contribution in [2.75, 3.05) is 54.6 Å². The minimum absolute atomic E-state index is 0. The van der Waals surface area contributed by atoms with Crippen molar-refractivity contribution in [1.82, 2.24) is 15.1 Å². The SMILES string of the molecule is CN=C(NCc1cc(OC)c(OC)cc1OC)N1CCN(C(=O)c2ccco2)CC1.I. The molecule has 1 aliphatic rings. The molecule has 1 aromatic carbocycles. The summed E-state index contributed by atoms with van der Waals surface area (Å²) < 4.78 is 21.4. The van der Waals surface area contributed by atoms with E-state index in [1.54, 1.807) is 51.5 Å². The third kappa shape index (κ3) is 5.75. The van der Waals surface area contributed by atoms with Gasteiger partial charge in [-0.1, -0.05) is 0 Å². The summed E-state index contributed by atoms with van der Waals surface area (Å²) in [6.45, 7) is 3.05. The summed E-state index contributed by atoms with van der Waals surface area (Å²) in [6.07, 6.45) is 1.51. The number of carbonyl (C=O) groups is 1. The van der Waals surface area contributed by atoms with Crippen molar-refractivity contribution >= 4 is 35.8 Å². The van der Waals surface area contributed by atoms with E-state index < -0.39 is 0 Å². The number of guanidine groups is 1. The Morgan fingerprint density at radius 1 is 1.03 bits per heavy atom. The first-order chi connectivity index (χ1) is 14.6. The Bertz CT molecular complexity index is 880. The van der Waals surface area contributed by atoms with Gasteiger partial charge >= 0.3 is 0 Å². The van der Waals surface area contributed by atoms with Gasteiger partial charge in [0.05, 0.1) is 27.6 Å². The highest BCUT2D eigenvalue weighted by molar-refractivity contribution is 14.0. The fraction of sp³-hybridized carbons (Fsp3) is 0.429. The second kappa shape index (κ2) is 11.7. The van der Waals surface area contributed by atoms with E-state index in [1.165, 1.54) is 6.26 Å². The quantitative estimate of drug-likeness (QED) is 0.340. The Kier molecular flexibility index (Phi) is 9.28. The van der Waals surface area contributed by atoms with Crippen molar-refractivity contribution in [1.29, 1.82) is 0 Å². The normalized spacial score (nSPS) is 14.0. The van der Waals surface area contributed by atoms with Crippen LogP contribution in [0.2, 0.25) is 0 Å². The molecule has 0 aliphatic carbocycles. The molecule has 1 N–H and O–H groups in total. The maximum absolute atomic E-state index is 12.4. The average Bonchev–Trinajstić information content (AvgIpc) is 3.33. The van der Waals surface area contributed by atoms with Crippen LogP contribution in [0.4, 0.5) is 0 Å². The van der Waals surface area contributed by atoms with Crippen LogP contribution in [0.1, 0.15) is 16.1 Å². The molecule has 2 aromatic rings. The molecule has 10 heteroatoms. The van der Waals surface area contributed by atoms with Crippen LogP contribution in [0.15, 0.2) is 39.9 Å². The van der Waals surface area contributed by atoms with Gasteiger partial charge in [0, 0.05) is 51.4 Å². The van der Waals surface area contributed by atoms with Crippen molar-refractivity contribution in [3.8, 4) is 17.2 Å². The number of hydrogen-bond acceptors (Lipinski definition) is 6. The van der Waals surface area contributed by atoms with Gasteiger partial charge in [0.1, 0.15) is 5.75 Å². The van der Waals surface area contributed by atoms with Crippen LogP contribution >= 0.6 is 24.0 Å². The number of nitrogens with one attached hydrogen (secondary N) is 1. The van der Waals surface area contributed by atoms with Gasteiger partial charge in [-0.05, 0) is 18.2 Å². The number of methoxy groups -OCH3 is 3. The number of nitrogens with zero attached hydrogens (tertiary/aromatic N) is 3. The van der Waals surface area contributed by atoms with Crippen LogP contribution in [-0.4, -0.2) is 76.2 Å². The predicted molar refractivity (Wildman–Crippen MR) is 128 cm³/mol. The van der Waals surface area contributed by atoms with Gasteiger partial charge in [0.25, 0.3) is 5.91 Å². The largest absolute Gasteiger partial charge is 0.496 e. The van der Waals surface area contributed by atoms with Crippen molar-refractivity contribution < 1.29 is 23.4 Å². The number of carbonyl (C=O) groups excluding carboxylic acids is 1. The van der Waals surface area contributed by atoms with Crippen LogP contribution in [0, 0.1) is 0 Å². The molecule has 0 unspecified atom stereocenters. The van der Waals surface area contributed by atoms with Gasteiger partial charge in [-0.3, -0.25) is 9.79 Å².